The summed E-state index contributed by atoms with van der Waals surface area (Å²) in [6.07, 6.45) is 1.13. The lowest BCUT2D eigenvalue weighted by atomic mass is 10.2. The van der Waals surface area contributed by atoms with Crippen molar-refractivity contribution in [1.82, 2.24) is 0 Å². The van der Waals surface area contributed by atoms with E-state index in [1.807, 2.05) is 79.7 Å². The molecule has 6 nitrogen and oxygen atoms in total. The number of amides is 1. The van der Waals surface area contributed by atoms with Crippen molar-refractivity contribution in [2.24, 2.45) is 0 Å². The molecule has 0 saturated carbocycles. The molecule has 6 heteroatoms. The first-order valence-electron chi connectivity index (χ1n) is 10.8. The van der Waals surface area contributed by atoms with Gasteiger partial charge in [0.2, 0.25) is 5.91 Å². The lowest BCUT2D eigenvalue weighted by molar-refractivity contribution is -0.114. The molecule has 0 spiro atoms. The van der Waals surface area contributed by atoms with Crippen LogP contribution in [0.4, 0.5) is 11.4 Å². The van der Waals surface area contributed by atoms with Gasteiger partial charge in [-0.1, -0.05) is 31.2 Å². The first-order chi connectivity index (χ1) is 15.6. The third kappa shape index (κ3) is 7.87. The van der Waals surface area contributed by atoms with Crippen LogP contribution < -0.4 is 24.8 Å². The second-order valence-corrected chi connectivity index (χ2v) is 7.30. The van der Waals surface area contributed by atoms with Crippen LogP contribution in [-0.4, -0.2) is 31.8 Å². The zero-order chi connectivity index (χ0) is 22.6. The van der Waals surface area contributed by atoms with E-state index in [1.165, 1.54) is 0 Å². The molecule has 1 unspecified atom stereocenters. The molecule has 0 aliphatic rings. The number of hydrogen-bond acceptors (Lipinski definition) is 5. The fourth-order valence-electron chi connectivity index (χ4n) is 2.85. The lowest BCUT2D eigenvalue weighted by Crippen LogP contribution is -2.21. The molecule has 0 bridgehead atoms. The average molecular weight is 435 g/mol. The maximum Gasteiger partial charge on any atom is 0.243 e. The van der Waals surface area contributed by atoms with E-state index in [4.69, 9.17) is 14.2 Å². The number of rotatable bonds is 12. The standard InChI is InChI=1S/C26H30N2O4/c1-3-20(2)32-24-14-12-21(13-15-24)27-19-26(29)28-22-8-7-11-25(18-22)31-17-16-30-23-9-5-4-6-10-23/h4-15,18,20,27H,3,16-17,19H2,1-2H3,(H,28,29). The highest BCUT2D eigenvalue weighted by atomic mass is 16.5. The van der Waals surface area contributed by atoms with Gasteiger partial charge in [0.05, 0.1) is 12.6 Å². The van der Waals surface area contributed by atoms with E-state index in [-0.39, 0.29) is 18.6 Å². The van der Waals surface area contributed by atoms with Crippen molar-refractivity contribution in [1.29, 1.82) is 0 Å². The molecule has 0 saturated heterocycles. The van der Waals surface area contributed by atoms with Gasteiger partial charge in [0.1, 0.15) is 30.5 Å². The Bertz CT molecular complexity index is 961. The molecule has 2 N–H and O–H groups in total. The van der Waals surface area contributed by atoms with Gasteiger partial charge in [-0.2, -0.15) is 0 Å². The van der Waals surface area contributed by atoms with Crippen molar-refractivity contribution in [2.75, 3.05) is 30.4 Å². The number of nitrogens with one attached hydrogen (secondary N) is 2. The first kappa shape index (κ1) is 23.0. The third-order valence-electron chi connectivity index (χ3n) is 4.70. The van der Waals surface area contributed by atoms with Crippen molar-refractivity contribution in [3.05, 3.63) is 78.9 Å². The van der Waals surface area contributed by atoms with Gasteiger partial charge in [-0.05, 0) is 61.9 Å². The minimum absolute atomic E-state index is 0.144. The van der Waals surface area contributed by atoms with Crippen LogP contribution in [0.2, 0.25) is 0 Å². The molecule has 0 aromatic heterocycles. The zero-order valence-corrected chi connectivity index (χ0v) is 18.5. The Morgan fingerprint density at radius 1 is 0.812 bits per heavy atom. The number of carbonyl (C=O) groups is 1. The summed E-state index contributed by atoms with van der Waals surface area (Å²) in [6.45, 7) is 5.12. The minimum atomic E-state index is -0.144. The van der Waals surface area contributed by atoms with E-state index < -0.39 is 0 Å². The van der Waals surface area contributed by atoms with Crippen molar-refractivity contribution >= 4 is 17.3 Å². The van der Waals surface area contributed by atoms with E-state index >= 15 is 0 Å². The van der Waals surface area contributed by atoms with Gasteiger partial charge in [-0.25, -0.2) is 0 Å². The van der Waals surface area contributed by atoms with Crippen molar-refractivity contribution in [3.8, 4) is 17.2 Å². The Hall–Kier alpha value is -3.67. The summed E-state index contributed by atoms with van der Waals surface area (Å²) in [5, 5.41) is 5.99. The third-order valence-corrected chi connectivity index (χ3v) is 4.70. The summed E-state index contributed by atoms with van der Waals surface area (Å²) in [5.74, 6) is 2.15. The van der Waals surface area contributed by atoms with Crippen LogP contribution in [0.5, 0.6) is 17.2 Å². The monoisotopic (exact) mass is 434 g/mol. The number of benzene rings is 3. The van der Waals surface area contributed by atoms with Crippen LogP contribution in [0.25, 0.3) is 0 Å². The van der Waals surface area contributed by atoms with Crippen molar-refractivity contribution < 1.29 is 19.0 Å². The van der Waals surface area contributed by atoms with Crippen LogP contribution in [0.15, 0.2) is 78.9 Å². The largest absolute Gasteiger partial charge is 0.491 e. The topological polar surface area (TPSA) is 68.8 Å². The van der Waals surface area contributed by atoms with E-state index in [0.717, 1.165) is 23.6 Å². The molecule has 3 aromatic rings. The maximum absolute atomic E-state index is 12.3. The molecular formula is C26H30N2O4. The predicted molar refractivity (Wildman–Crippen MR) is 128 cm³/mol. The highest BCUT2D eigenvalue weighted by Gasteiger charge is 2.05. The molecule has 0 radical (unpaired) electrons. The summed E-state index contributed by atoms with van der Waals surface area (Å²) in [4.78, 5) is 12.3. The van der Waals surface area contributed by atoms with Gasteiger partial charge in [0, 0.05) is 17.4 Å². The highest BCUT2D eigenvalue weighted by molar-refractivity contribution is 5.93. The molecule has 32 heavy (non-hydrogen) atoms. The van der Waals surface area contributed by atoms with E-state index in [1.54, 1.807) is 6.07 Å². The molecule has 1 amide bonds. The van der Waals surface area contributed by atoms with Crippen LogP contribution in [0, 0.1) is 0 Å². The maximum atomic E-state index is 12.3. The molecule has 1 atom stereocenters. The minimum Gasteiger partial charge on any atom is -0.491 e. The van der Waals surface area contributed by atoms with Crippen LogP contribution in [-0.2, 0) is 4.79 Å². The molecule has 0 fully saturated rings. The van der Waals surface area contributed by atoms with Gasteiger partial charge < -0.3 is 24.8 Å². The summed E-state index contributed by atoms with van der Waals surface area (Å²) < 4.78 is 17.1. The SMILES string of the molecule is CCC(C)Oc1ccc(NCC(=O)Nc2cccc(OCCOc3ccccc3)c2)cc1. The summed E-state index contributed by atoms with van der Waals surface area (Å²) in [7, 11) is 0. The van der Waals surface area contributed by atoms with Crippen LogP contribution in [0.3, 0.4) is 0 Å². The summed E-state index contributed by atoms with van der Waals surface area (Å²) in [6, 6.07) is 24.5. The molecule has 3 aromatic carbocycles. The van der Waals surface area contributed by atoms with Crippen molar-refractivity contribution in [3.63, 3.8) is 0 Å². The lowest BCUT2D eigenvalue weighted by Gasteiger charge is -2.13. The summed E-state index contributed by atoms with van der Waals surface area (Å²) >= 11 is 0. The zero-order valence-electron chi connectivity index (χ0n) is 18.5. The molecule has 0 aliphatic carbocycles. The number of anilines is 2. The van der Waals surface area contributed by atoms with Gasteiger partial charge in [-0.3, -0.25) is 4.79 Å². The number of carbonyl (C=O) groups excluding carboxylic acids is 1. The van der Waals surface area contributed by atoms with Gasteiger partial charge in [-0.15, -0.1) is 0 Å². The van der Waals surface area contributed by atoms with Crippen molar-refractivity contribution in [2.45, 2.75) is 26.4 Å². The Morgan fingerprint density at radius 2 is 1.50 bits per heavy atom. The Labute approximate surface area is 189 Å². The summed E-state index contributed by atoms with van der Waals surface area (Å²) in [5.41, 5.74) is 1.53. The fraction of sp³-hybridized carbons (Fsp3) is 0.269. The molecule has 0 aliphatic heterocycles. The van der Waals surface area contributed by atoms with E-state index in [2.05, 4.69) is 17.6 Å². The molecule has 3 rings (SSSR count). The Morgan fingerprint density at radius 3 is 2.22 bits per heavy atom. The Balaban J connectivity index is 1.40. The first-order valence-corrected chi connectivity index (χ1v) is 10.8. The molecule has 0 heterocycles. The number of hydrogen-bond donors (Lipinski definition) is 2. The molecule has 168 valence electrons. The fourth-order valence-corrected chi connectivity index (χ4v) is 2.85. The predicted octanol–water partition coefficient (Wildman–Crippen LogP) is 5.37. The van der Waals surface area contributed by atoms with Gasteiger partial charge >= 0.3 is 0 Å². The average Bonchev–Trinajstić information content (AvgIpc) is 2.82. The highest BCUT2D eigenvalue weighted by Crippen LogP contribution is 2.19. The van der Waals surface area contributed by atoms with Gasteiger partial charge in [0.15, 0.2) is 0 Å². The van der Waals surface area contributed by atoms with Gasteiger partial charge in [0.25, 0.3) is 0 Å². The van der Waals surface area contributed by atoms with E-state index in [0.29, 0.717) is 24.7 Å². The second-order valence-electron chi connectivity index (χ2n) is 7.30. The quantitative estimate of drug-likeness (QED) is 0.375. The van der Waals surface area contributed by atoms with E-state index in [9.17, 15) is 4.79 Å². The Kier molecular flexibility index (Phi) is 8.80. The normalized spacial score (nSPS) is 11.3. The second kappa shape index (κ2) is 12.2. The number of ether oxygens (including phenoxy) is 3. The smallest absolute Gasteiger partial charge is 0.243 e. The van der Waals surface area contributed by atoms with Crippen LogP contribution in [0.1, 0.15) is 20.3 Å². The number of para-hydroxylation sites is 1. The molecular weight excluding hydrogens is 404 g/mol. The van der Waals surface area contributed by atoms with Crippen LogP contribution >= 0.6 is 0 Å².